The summed E-state index contributed by atoms with van der Waals surface area (Å²) in [5, 5.41) is 17.3. The quantitative estimate of drug-likeness (QED) is 0.561. The summed E-state index contributed by atoms with van der Waals surface area (Å²) in [7, 11) is 0. The summed E-state index contributed by atoms with van der Waals surface area (Å²) in [5.74, 6) is 1.56. The first-order chi connectivity index (χ1) is 9.47. The Hall–Kier alpha value is -1.85. The van der Waals surface area contributed by atoms with Gasteiger partial charge < -0.3 is 10.6 Å². The van der Waals surface area contributed by atoms with E-state index in [1.54, 1.807) is 6.07 Å². The number of hydrogen-bond donors (Lipinski definition) is 2. The molecule has 1 heterocycles. The maximum atomic E-state index is 11.1. The average Bonchev–Trinajstić information content (AvgIpc) is 2.38. The molecule has 1 rings (SSSR count). The highest BCUT2D eigenvalue weighted by Gasteiger charge is 2.18. The van der Waals surface area contributed by atoms with Crippen molar-refractivity contribution in [3.8, 4) is 0 Å². The summed E-state index contributed by atoms with van der Waals surface area (Å²) in [5.41, 5.74) is 0.0163. The Labute approximate surface area is 120 Å². The van der Waals surface area contributed by atoms with Gasteiger partial charge in [-0.2, -0.15) is 0 Å². The molecule has 0 aliphatic heterocycles. The Morgan fingerprint density at radius 3 is 2.60 bits per heavy atom. The van der Waals surface area contributed by atoms with Gasteiger partial charge in [-0.1, -0.05) is 20.3 Å². The molecule has 6 heteroatoms. The second kappa shape index (κ2) is 7.67. The molecule has 0 fully saturated rings. The normalized spacial score (nSPS) is 13.6. The zero-order valence-corrected chi connectivity index (χ0v) is 12.6. The van der Waals surface area contributed by atoms with Crippen molar-refractivity contribution in [2.45, 2.75) is 46.6 Å². The number of nitrogens with one attached hydrogen (secondary N) is 2. The minimum Gasteiger partial charge on any atom is -0.370 e. The van der Waals surface area contributed by atoms with E-state index in [4.69, 9.17) is 0 Å². The third-order valence-corrected chi connectivity index (χ3v) is 3.26. The maximum Gasteiger partial charge on any atom is 0.311 e. The summed E-state index contributed by atoms with van der Waals surface area (Å²) in [4.78, 5) is 14.9. The number of nitrogens with zero attached hydrogens (tertiary/aromatic N) is 2. The molecule has 2 atom stereocenters. The number of anilines is 2. The smallest absolute Gasteiger partial charge is 0.311 e. The van der Waals surface area contributed by atoms with Crippen LogP contribution < -0.4 is 10.6 Å². The monoisotopic (exact) mass is 280 g/mol. The predicted octanol–water partition coefficient (Wildman–Crippen LogP) is 3.66. The number of nitro groups is 1. The zero-order valence-electron chi connectivity index (χ0n) is 12.6. The van der Waals surface area contributed by atoms with Gasteiger partial charge in [-0.05, 0) is 32.3 Å². The van der Waals surface area contributed by atoms with E-state index in [9.17, 15) is 10.1 Å². The number of aromatic nitrogens is 1. The number of hydrogen-bond acceptors (Lipinski definition) is 5. The molecular formula is C14H24N4O2. The van der Waals surface area contributed by atoms with Crippen LogP contribution >= 0.6 is 0 Å². The van der Waals surface area contributed by atoms with Crippen molar-refractivity contribution in [1.29, 1.82) is 0 Å². The molecule has 20 heavy (non-hydrogen) atoms. The Kier molecular flexibility index (Phi) is 6.21. The van der Waals surface area contributed by atoms with Crippen LogP contribution in [0.1, 0.15) is 40.5 Å². The number of pyridine rings is 1. The lowest BCUT2D eigenvalue weighted by Gasteiger charge is -2.18. The van der Waals surface area contributed by atoms with Crippen molar-refractivity contribution in [2.75, 3.05) is 17.2 Å². The van der Waals surface area contributed by atoms with Crippen LogP contribution in [0, 0.1) is 16.0 Å². The highest BCUT2D eigenvalue weighted by Crippen LogP contribution is 2.25. The summed E-state index contributed by atoms with van der Waals surface area (Å²) in [6.07, 6.45) is 2.06. The number of rotatable bonds is 8. The van der Waals surface area contributed by atoms with Crippen molar-refractivity contribution < 1.29 is 4.92 Å². The molecule has 0 spiro atoms. The van der Waals surface area contributed by atoms with E-state index in [2.05, 4.69) is 29.5 Å². The first-order valence-corrected chi connectivity index (χ1v) is 7.13. The molecule has 1 aromatic heterocycles. The van der Waals surface area contributed by atoms with Gasteiger partial charge in [0.25, 0.3) is 0 Å². The highest BCUT2D eigenvalue weighted by molar-refractivity contribution is 5.60. The molecule has 0 radical (unpaired) electrons. The van der Waals surface area contributed by atoms with Crippen LogP contribution in [0.25, 0.3) is 0 Å². The second-order valence-corrected chi connectivity index (χ2v) is 5.15. The van der Waals surface area contributed by atoms with Gasteiger partial charge in [-0.3, -0.25) is 10.1 Å². The van der Waals surface area contributed by atoms with Crippen molar-refractivity contribution >= 4 is 17.3 Å². The van der Waals surface area contributed by atoms with Crippen LogP contribution in [0.4, 0.5) is 17.3 Å². The van der Waals surface area contributed by atoms with Crippen molar-refractivity contribution in [3.05, 3.63) is 22.2 Å². The van der Waals surface area contributed by atoms with Crippen molar-refractivity contribution in [2.24, 2.45) is 5.92 Å². The molecule has 0 aromatic carbocycles. The van der Waals surface area contributed by atoms with Gasteiger partial charge >= 0.3 is 5.69 Å². The fraction of sp³-hybridized carbons (Fsp3) is 0.643. The predicted molar refractivity (Wildman–Crippen MR) is 82.2 cm³/mol. The summed E-state index contributed by atoms with van der Waals surface area (Å²) < 4.78 is 0. The standard InChI is InChI=1S/C14H24N4O2/c1-5-10(3)9-11(4)16-14-12(18(19)20)7-8-13(17-14)15-6-2/h7-8,10-11H,5-6,9H2,1-4H3,(H2,15,16,17). The summed E-state index contributed by atoms with van der Waals surface area (Å²) >= 11 is 0. The van der Waals surface area contributed by atoms with Crippen LogP contribution in [-0.4, -0.2) is 22.5 Å². The van der Waals surface area contributed by atoms with Gasteiger partial charge in [0, 0.05) is 18.7 Å². The molecule has 0 aliphatic rings. The molecular weight excluding hydrogens is 256 g/mol. The van der Waals surface area contributed by atoms with Crippen LogP contribution in [0.5, 0.6) is 0 Å². The van der Waals surface area contributed by atoms with Crippen LogP contribution in [0.3, 0.4) is 0 Å². The van der Waals surface area contributed by atoms with E-state index < -0.39 is 4.92 Å². The van der Waals surface area contributed by atoms with Gasteiger partial charge in [-0.25, -0.2) is 4.98 Å². The molecule has 0 amide bonds. The SMILES string of the molecule is CCNc1ccc([N+](=O)[O-])c(NC(C)CC(C)CC)n1. The van der Waals surface area contributed by atoms with E-state index in [0.29, 0.717) is 17.6 Å². The van der Waals surface area contributed by atoms with E-state index in [0.717, 1.165) is 19.4 Å². The Morgan fingerprint density at radius 1 is 1.35 bits per heavy atom. The summed E-state index contributed by atoms with van der Waals surface area (Å²) in [6.45, 7) is 9.03. The summed E-state index contributed by atoms with van der Waals surface area (Å²) in [6, 6.07) is 3.27. The minimum absolute atomic E-state index is 0.0163. The van der Waals surface area contributed by atoms with E-state index in [1.165, 1.54) is 6.07 Å². The van der Waals surface area contributed by atoms with Gasteiger partial charge in [-0.15, -0.1) is 0 Å². The Morgan fingerprint density at radius 2 is 2.05 bits per heavy atom. The average molecular weight is 280 g/mol. The van der Waals surface area contributed by atoms with E-state index in [1.807, 2.05) is 13.8 Å². The largest absolute Gasteiger partial charge is 0.370 e. The molecule has 6 nitrogen and oxygen atoms in total. The lowest BCUT2D eigenvalue weighted by atomic mass is 10.0. The molecule has 0 bridgehead atoms. The van der Waals surface area contributed by atoms with Crippen molar-refractivity contribution in [3.63, 3.8) is 0 Å². The highest BCUT2D eigenvalue weighted by atomic mass is 16.6. The minimum atomic E-state index is -0.402. The van der Waals surface area contributed by atoms with Gasteiger partial charge in [0.1, 0.15) is 5.82 Å². The first kappa shape index (κ1) is 16.2. The Bertz CT molecular complexity index is 451. The van der Waals surface area contributed by atoms with Crippen molar-refractivity contribution in [1.82, 2.24) is 4.98 Å². The van der Waals surface area contributed by atoms with E-state index in [-0.39, 0.29) is 11.7 Å². The lowest BCUT2D eigenvalue weighted by Crippen LogP contribution is -2.20. The van der Waals surface area contributed by atoms with Crippen LogP contribution in [0.2, 0.25) is 0 Å². The zero-order chi connectivity index (χ0) is 15.1. The third-order valence-electron chi connectivity index (χ3n) is 3.26. The molecule has 112 valence electrons. The lowest BCUT2D eigenvalue weighted by molar-refractivity contribution is -0.384. The Balaban J connectivity index is 2.89. The fourth-order valence-corrected chi connectivity index (χ4v) is 2.05. The van der Waals surface area contributed by atoms with Crippen LogP contribution in [-0.2, 0) is 0 Å². The molecule has 1 aromatic rings. The third kappa shape index (κ3) is 4.68. The fourth-order valence-electron chi connectivity index (χ4n) is 2.05. The molecule has 2 N–H and O–H groups in total. The topological polar surface area (TPSA) is 80.1 Å². The van der Waals surface area contributed by atoms with Gasteiger partial charge in [0.05, 0.1) is 4.92 Å². The first-order valence-electron chi connectivity index (χ1n) is 7.13. The molecule has 0 saturated carbocycles. The van der Waals surface area contributed by atoms with Gasteiger partial charge in [0.2, 0.25) is 5.82 Å². The second-order valence-electron chi connectivity index (χ2n) is 5.15. The maximum absolute atomic E-state index is 11.1. The van der Waals surface area contributed by atoms with Crippen LogP contribution in [0.15, 0.2) is 12.1 Å². The molecule has 0 aliphatic carbocycles. The molecule has 2 unspecified atom stereocenters. The van der Waals surface area contributed by atoms with Gasteiger partial charge in [0.15, 0.2) is 0 Å². The molecule has 0 saturated heterocycles. The van der Waals surface area contributed by atoms with E-state index >= 15 is 0 Å².